The van der Waals surface area contributed by atoms with Crippen molar-refractivity contribution in [1.29, 1.82) is 0 Å². The summed E-state index contributed by atoms with van der Waals surface area (Å²) in [5.74, 6) is 1.41. The van der Waals surface area contributed by atoms with Crippen molar-refractivity contribution in [1.82, 2.24) is 4.98 Å². The third kappa shape index (κ3) is 2.44. The maximum Gasteiger partial charge on any atom is 0.122 e. The van der Waals surface area contributed by atoms with Crippen LogP contribution in [-0.4, -0.2) is 12.1 Å². The van der Waals surface area contributed by atoms with E-state index in [9.17, 15) is 0 Å². The van der Waals surface area contributed by atoms with Gasteiger partial charge in [-0.05, 0) is 19.3 Å². The molecule has 1 rings (SSSR count). The highest BCUT2D eigenvalue weighted by molar-refractivity contribution is 5.28. The van der Waals surface area contributed by atoms with E-state index in [4.69, 9.17) is 4.74 Å². The molecule has 1 atom stereocenters. The Morgan fingerprint density at radius 2 is 2.15 bits per heavy atom. The molecule has 0 aliphatic rings. The van der Waals surface area contributed by atoms with E-state index >= 15 is 0 Å². The summed E-state index contributed by atoms with van der Waals surface area (Å²) in [6.07, 6.45) is 1.11. The van der Waals surface area contributed by atoms with Gasteiger partial charge in [0.15, 0.2) is 0 Å². The first kappa shape index (κ1) is 10.0. The van der Waals surface area contributed by atoms with Crippen molar-refractivity contribution in [2.24, 2.45) is 0 Å². The second kappa shape index (κ2) is 4.26. The summed E-state index contributed by atoms with van der Waals surface area (Å²) in [7, 11) is 1.69. The Morgan fingerprint density at radius 1 is 1.46 bits per heavy atom. The summed E-state index contributed by atoms with van der Waals surface area (Å²) >= 11 is 0. The van der Waals surface area contributed by atoms with Crippen LogP contribution in [0.2, 0.25) is 0 Å². The van der Waals surface area contributed by atoms with Crippen LogP contribution in [0.5, 0.6) is 5.75 Å². The average molecular weight is 179 g/mol. The standard InChI is InChI=1S/C11H17NO/c1-5-8(2)11-7-10(13-4)6-9(3)12-11/h6-8H,5H2,1-4H3. The molecule has 0 aromatic carbocycles. The zero-order valence-electron chi connectivity index (χ0n) is 8.79. The molecule has 0 amide bonds. The van der Waals surface area contributed by atoms with E-state index < -0.39 is 0 Å². The number of nitrogens with zero attached hydrogens (tertiary/aromatic N) is 1. The normalized spacial score (nSPS) is 12.6. The summed E-state index contributed by atoms with van der Waals surface area (Å²) in [5.41, 5.74) is 2.15. The maximum absolute atomic E-state index is 5.19. The lowest BCUT2D eigenvalue weighted by molar-refractivity contribution is 0.412. The number of aromatic nitrogens is 1. The zero-order valence-corrected chi connectivity index (χ0v) is 8.79. The molecule has 1 unspecified atom stereocenters. The van der Waals surface area contributed by atoms with E-state index in [1.54, 1.807) is 7.11 Å². The van der Waals surface area contributed by atoms with Gasteiger partial charge in [-0.2, -0.15) is 0 Å². The molecule has 1 aromatic heterocycles. The van der Waals surface area contributed by atoms with Crippen molar-refractivity contribution in [3.8, 4) is 5.75 Å². The molecular weight excluding hydrogens is 162 g/mol. The second-order valence-corrected chi connectivity index (χ2v) is 3.38. The van der Waals surface area contributed by atoms with Crippen LogP contribution in [0.25, 0.3) is 0 Å². The first-order valence-electron chi connectivity index (χ1n) is 4.70. The molecule has 1 aromatic rings. The molecule has 0 aliphatic heterocycles. The Hall–Kier alpha value is -1.05. The fourth-order valence-corrected chi connectivity index (χ4v) is 1.24. The zero-order chi connectivity index (χ0) is 9.84. The van der Waals surface area contributed by atoms with Gasteiger partial charge in [0.25, 0.3) is 0 Å². The van der Waals surface area contributed by atoms with Crippen molar-refractivity contribution >= 4 is 0 Å². The summed E-state index contributed by atoms with van der Waals surface area (Å²) in [6.45, 7) is 6.34. The van der Waals surface area contributed by atoms with Gasteiger partial charge >= 0.3 is 0 Å². The lowest BCUT2D eigenvalue weighted by Gasteiger charge is -2.10. The van der Waals surface area contributed by atoms with Crippen molar-refractivity contribution in [3.05, 3.63) is 23.5 Å². The van der Waals surface area contributed by atoms with Crippen LogP contribution in [0.1, 0.15) is 37.6 Å². The number of aryl methyl sites for hydroxylation is 1. The smallest absolute Gasteiger partial charge is 0.122 e. The molecule has 0 aliphatic carbocycles. The minimum absolute atomic E-state index is 0.508. The molecule has 0 saturated heterocycles. The topological polar surface area (TPSA) is 22.1 Å². The molecule has 1 heterocycles. The van der Waals surface area contributed by atoms with Gasteiger partial charge in [-0.3, -0.25) is 4.98 Å². The van der Waals surface area contributed by atoms with Crippen LogP contribution < -0.4 is 4.74 Å². The number of hydrogen-bond acceptors (Lipinski definition) is 2. The van der Waals surface area contributed by atoms with E-state index in [-0.39, 0.29) is 0 Å². The lowest BCUT2D eigenvalue weighted by Crippen LogP contribution is -1.98. The largest absolute Gasteiger partial charge is 0.497 e. The van der Waals surface area contributed by atoms with E-state index in [2.05, 4.69) is 18.8 Å². The molecule has 0 fully saturated rings. The predicted octanol–water partition coefficient (Wildman–Crippen LogP) is 2.91. The summed E-state index contributed by atoms with van der Waals surface area (Å²) < 4.78 is 5.19. The van der Waals surface area contributed by atoms with E-state index in [1.165, 1.54) is 0 Å². The number of methoxy groups -OCH3 is 1. The van der Waals surface area contributed by atoms with Gasteiger partial charge in [-0.1, -0.05) is 13.8 Å². The van der Waals surface area contributed by atoms with Crippen LogP contribution in [0, 0.1) is 6.92 Å². The minimum atomic E-state index is 0.508. The fraction of sp³-hybridized carbons (Fsp3) is 0.545. The van der Waals surface area contributed by atoms with Gasteiger partial charge in [0.1, 0.15) is 5.75 Å². The lowest BCUT2D eigenvalue weighted by atomic mass is 10.0. The first-order valence-corrected chi connectivity index (χ1v) is 4.70. The molecule has 2 nitrogen and oxygen atoms in total. The van der Waals surface area contributed by atoms with Gasteiger partial charge in [-0.15, -0.1) is 0 Å². The summed E-state index contributed by atoms with van der Waals surface area (Å²) in [5, 5.41) is 0. The van der Waals surface area contributed by atoms with Crippen molar-refractivity contribution in [3.63, 3.8) is 0 Å². The Kier molecular flexibility index (Phi) is 3.29. The highest BCUT2D eigenvalue weighted by Gasteiger charge is 2.06. The molecule has 2 heteroatoms. The molecule has 13 heavy (non-hydrogen) atoms. The van der Waals surface area contributed by atoms with Crippen LogP contribution in [0.15, 0.2) is 12.1 Å². The highest BCUT2D eigenvalue weighted by Crippen LogP contribution is 2.21. The third-order valence-electron chi connectivity index (χ3n) is 2.30. The third-order valence-corrected chi connectivity index (χ3v) is 2.30. The van der Waals surface area contributed by atoms with E-state index in [0.717, 1.165) is 23.6 Å². The molecule has 72 valence electrons. The van der Waals surface area contributed by atoms with Gasteiger partial charge in [-0.25, -0.2) is 0 Å². The monoisotopic (exact) mass is 179 g/mol. The maximum atomic E-state index is 5.19. The molecule has 0 spiro atoms. The Balaban J connectivity index is 3.01. The number of ether oxygens (including phenoxy) is 1. The summed E-state index contributed by atoms with van der Waals surface area (Å²) in [4.78, 5) is 4.47. The van der Waals surface area contributed by atoms with Gasteiger partial charge in [0.05, 0.1) is 7.11 Å². The summed E-state index contributed by atoms with van der Waals surface area (Å²) in [6, 6.07) is 3.97. The van der Waals surface area contributed by atoms with E-state index in [0.29, 0.717) is 5.92 Å². The van der Waals surface area contributed by atoms with Gasteiger partial charge < -0.3 is 4.74 Å². The Morgan fingerprint density at radius 3 is 2.69 bits per heavy atom. The fourth-order valence-electron chi connectivity index (χ4n) is 1.24. The Bertz CT molecular complexity index is 283. The molecule has 0 N–H and O–H groups in total. The molecule has 0 bridgehead atoms. The predicted molar refractivity (Wildman–Crippen MR) is 54.2 cm³/mol. The van der Waals surface area contributed by atoms with Crippen molar-refractivity contribution in [2.45, 2.75) is 33.1 Å². The average Bonchev–Trinajstić information content (AvgIpc) is 2.15. The van der Waals surface area contributed by atoms with Crippen LogP contribution >= 0.6 is 0 Å². The first-order chi connectivity index (χ1) is 6.17. The SMILES string of the molecule is CCC(C)c1cc(OC)cc(C)n1. The van der Waals surface area contributed by atoms with E-state index in [1.807, 2.05) is 19.1 Å². The van der Waals surface area contributed by atoms with Crippen molar-refractivity contribution < 1.29 is 4.74 Å². The quantitative estimate of drug-likeness (QED) is 0.711. The molecular formula is C11H17NO. The second-order valence-electron chi connectivity index (χ2n) is 3.38. The van der Waals surface area contributed by atoms with Crippen LogP contribution in [-0.2, 0) is 0 Å². The number of pyridine rings is 1. The van der Waals surface area contributed by atoms with Crippen LogP contribution in [0.4, 0.5) is 0 Å². The van der Waals surface area contributed by atoms with Crippen molar-refractivity contribution in [2.75, 3.05) is 7.11 Å². The Labute approximate surface area is 80.0 Å². The molecule has 0 radical (unpaired) electrons. The minimum Gasteiger partial charge on any atom is -0.497 e. The van der Waals surface area contributed by atoms with Gasteiger partial charge in [0.2, 0.25) is 0 Å². The number of hydrogen-bond donors (Lipinski definition) is 0. The highest BCUT2D eigenvalue weighted by atomic mass is 16.5. The van der Waals surface area contributed by atoms with Crippen LogP contribution in [0.3, 0.4) is 0 Å². The van der Waals surface area contributed by atoms with Gasteiger partial charge in [0, 0.05) is 23.5 Å². The molecule has 0 saturated carbocycles. The number of rotatable bonds is 3.